The maximum atomic E-state index is 12.8. The molecule has 1 fully saturated rings. The second-order valence-corrected chi connectivity index (χ2v) is 7.87. The number of carbonyl (C=O) groups excluding carboxylic acids is 1. The molecule has 0 bridgehead atoms. The number of aromatic nitrogens is 4. The molecule has 0 aromatic carbocycles. The lowest BCUT2D eigenvalue weighted by Crippen LogP contribution is -2.40. The minimum absolute atomic E-state index is 0.242. The third kappa shape index (κ3) is 4.77. The van der Waals surface area contributed by atoms with Crippen molar-refractivity contribution in [2.75, 3.05) is 33.7 Å². The molecule has 2 aromatic heterocycles. The van der Waals surface area contributed by atoms with E-state index in [0.29, 0.717) is 12.3 Å². The van der Waals surface area contributed by atoms with Gasteiger partial charge in [-0.2, -0.15) is 5.10 Å². The summed E-state index contributed by atoms with van der Waals surface area (Å²) in [6, 6.07) is 0. The Morgan fingerprint density at radius 1 is 1.37 bits per heavy atom. The second kappa shape index (κ2) is 8.69. The van der Waals surface area contributed by atoms with Crippen molar-refractivity contribution in [2.45, 2.75) is 52.0 Å². The van der Waals surface area contributed by atoms with Crippen LogP contribution in [0.3, 0.4) is 0 Å². The molecular weight excluding hydrogens is 340 g/mol. The Bertz CT molecular complexity index is 743. The van der Waals surface area contributed by atoms with Crippen LogP contribution in [0.25, 0.3) is 0 Å². The largest absolute Gasteiger partial charge is 0.342 e. The van der Waals surface area contributed by atoms with Gasteiger partial charge >= 0.3 is 0 Å². The number of nitrogens with zero attached hydrogens (tertiary/aromatic N) is 5. The number of carbonyl (C=O) groups is 1. The summed E-state index contributed by atoms with van der Waals surface area (Å²) in [5, 5.41) is 7.23. The molecule has 1 aliphatic rings. The highest BCUT2D eigenvalue weighted by molar-refractivity contribution is 5.76. The van der Waals surface area contributed by atoms with E-state index in [1.807, 2.05) is 24.9 Å². The van der Waals surface area contributed by atoms with Crippen LogP contribution in [-0.2, 0) is 17.8 Å². The van der Waals surface area contributed by atoms with Gasteiger partial charge < -0.3 is 14.4 Å². The van der Waals surface area contributed by atoms with E-state index >= 15 is 0 Å². The summed E-state index contributed by atoms with van der Waals surface area (Å²) in [6.45, 7) is 7.57. The number of nitrogens with one attached hydrogen (secondary N) is 1. The van der Waals surface area contributed by atoms with Crippen molar-refractivity contribution in [1.29, 1.82) is 0 Å². The first kappa shape index (κ1) is 19.6. The Kier molecular flexibility index (Phi) is 6.31. The van der Waals surface area contributed by atoms with Crippen LogP contribution >= 0.6 is 0 Å². The third-order valence-electron chi connectivity index (χ3n) is 5.54. The summed E-state index contributed by atoms with van der Waals surface area (Å²) in [7, 11) is 4.17. The molecule has 0 saturated carbocycles. The minimum Gasteiger partial charge on any atom is -0.342 e. The predicted octanol–water partition coefficient (Wildman–Crippen LogP) is 2.12. The summed E-state index contributed by atoms with van der Waals surface area (Å²) in [5.41, 5.74) is 3.25. The number of likely N-dealkylation sites (N-methyl/N-ethyl adjacent to an activating group) is 1. The van der Waals surface area contributed by atoms with Crippen LogP contribution in [0.2, 0.25) is 0 Å². The molecule has 148 valence electrons. The van der Waals surface area contributed by atoms with Crippen molar-refractivity contribution in [1.82, 2.24) is 29.5 Å². The number of imidazole rings is 1. The number of amides is 1. The summed E-state index contributed by atoms with van der Waals surface area (Å²) in [4.78, 5) is 21.6. The van der Waals surface area contributed by atoms with E-state index in [1.165, 1.54) is 5.56 Å². The van der Waals surface area contributed by atoms with Crippen LogP contribution in [0.4, 0.5) is 0 Å². The van der Waals surface area contributed by atoms with Crippen molar-refractivity contribution in [2.24, 2.45) is 0 Å². The van der Waals surface area contributed by atoms with Gasteiger partial charge in [-0.1, -0.05) is 0 Å². The molecule has 1 saturated heterocycles. The van der Waals surface area contributed by atoms with Crippen LogP contribution in [0, 0.1) is 13.8 Å². The Morgan fingerprint density at radius 3 is 2.89 bits per heavy atom. The van der Waals surface area contributed by atoms with Crippen LogP contribution in [0.5, 0.6) is 0 Å². The third-order valence-corrected chi connectivity index (χ3v) is 5.54. The Hall–Kier alpha value is -2.15. The van der Waals surface area contributed by atoms with Crippen molar-refractivity contribution < 1.29 is 4.79 Å². The van der Waals surface area contributed by atoms with Crippen molar-refractivity contribution in [3.63, 3.8) is 0 Å². The zero-order valence-electron chi connectivity index (χ0n) is 17.0. The predicted molar refractivity (Wildman–Crippen MR) is 106 cm³/mol. The minimum atomic E-state index is 0.242. The fourth-order valence-electron chi connectivity index (χ4n) is 3.92. The summed E-state index contributed by atoms with van der Waals surface area (Å²) >= 11 is 0. The van der Waals surface area contributed by atoms with Crippen LogP contribution < -0.4 is 0 Å². The van der Waals surface area contributed by atoms with Gasteiger partial charge in [0.05, 0.1) is 5.69 Å². The van der Waals surface area contributed by atoms with Crippen LogP contribution in [0.1, 0.15) is 48.0 Å². The number of hydrogen-bond acceptors (Lipinski definition) is 4. The zero-order valence-corrected chi connectivity index (χ0v) is 17.0. The summed E-state index contributed by atoms with van der Waals surface area (Å²) in [6.07, 6.45) is 7.39. The lowest BCUT2D eigenvalue weighted by Gasteiger charge is -2.33. The topological polar surface area (TPSA) is 70.0 Å². The maximum absolute atomic E-state index is 12.8. The standard InChI is InChI=1S/C20H32N6O/c1-15-18(16(2)23-22-15)7-8-19(27)26-10-5-6-17(14-26)20-21-9-11-25(20)13-12-24(3)4/h9,11,17H,5-8,10,12-14H2,1-4H3,(H,22,23). The van der Waals surface area contributed by atoms with Gasteiger partial charge in [0.15, 0.2) is 0 Å². The van der Waals surface area contributed by atoms with Gasteiger partial charge in [-0.15, -0.1) is 0 Å². The molecule has 1 unspecified atom stereocenters. The smallest absolute Gasteiger partial charge is 0.222 e. The molecule has 7 heteroatoms. The average Bonchev–Trinajstić information content (AvgIpc) is 3.25. The van der Waals surface area contributed by atoms with Gasteiger partial charge in [-0.3, -0.25) is 9.89 Å². The highest BCUT2D eigenvalue weighted by atomic mass is 16.2. The van der Waals surface area contributed by atoms with E-state index in [1.54, 1.807) is 0 Å². The molecule has 1 amide bonds. The number of H-pyrrole nitrogens is 1. The number of aryl methyl sites for hydroxylation is 2. The van der Waals surface area contributed by atoms with Gasteiger partial charge in [0.2, 0.25) is 5.91 Å². The molecular formula is C20H32N6O. The molecule has 2 aromatic rings. The highest BCUT2D eigenvalue weighted by Crippen LogP contribution is 2.26. The van der Waals surface area contributed by atoms with Gasteiger partial charge in [0.1, 0.15) is 5.82 Å². The average molecular weight is 373 g/mol. The van der Waals surface area contributed by atoms with E-state index in [2.05, 4.69) is 44.9 Å². The molecule has 3 heterocycles. The lowest BCUT2D eigenvalue weighted by atomic mass is 9.96. The first-order chi connectivity index (χ1) is 13.0. The SMILES string of the molecule is Cc1n[nH]c(C)c1CCC(=O)N1CCCC(c2nccn2CCN(C)C)C1. The highest BCUT2D eigenvalue weighted by Gasteiger charge is 2.27. The quantitative estimate of drug-likeness (QED) is 0.808. The lowest BCUT2D eigenvalue weighted by molar-refractivity contribution is -0.132. The van der Waals surface area contributed by atoms with Gasteiger partial charge in [0, 0.05) is 56.6 Å². The van der Waals surface area contributed by atoms with Crippen molar-refractivity contribution in [3.05, 3.63) is 35.2 Å². The van der Waals surface area contributed by atoms with Crippen molar-refractivity contribution in [3.8, 4) is 0 Å². The Labute approximate surface area is 161 Å². The fourth-order valence-corrected chi connectivity index (χ4v) is 3.92. The van der Waals surface area contributed by atoms with Crippen LogP contribution in [-0.4, -0.2) is 69.2 Å². The molecule has 1 N–H and O–H groups in total. The van der Waals surface area contributed by atoms with Gasteiger partial charge in [-0.25, -0.2) is 4.98 Å². The van der Waals surface area contributed by atoms with E-state index in [4.69, 9.17) is 0 Å². The van der Waals surface area contributed by atoms with Gasteiger partial charge in [0.25, 0.3) is 0 Å². The summed E-state index contributed by atoms with van der Waals surface area (Å²) < 4.78 is 2.25. The zero-order chi connectivity index (χ0) is 19.4. The molecule has 7 nitrogen and oxygen atoms in total. The Balaban J connectivity index is 1.59. The van der Waals surface area contributed by atoms with E-state index in [-0.39, 0.29) is 5.91 Å². The molecule has 0 spiro atoms. The number of piperidine rings is 1. The number of rotatable bonds is 7. The molecule has 1 atom stereocenters. The first-order valence-electron chi connectivity index (χ1n) is 9.89. The number of aromatic amines is 1. The van der Waals surface area contributed by atoms with E-state index in [9.17, 15) is 4.79 Å². The number of hydrogen-bond donors (Lipinski definition) is 1. The molecule has 1 aliphatic heterocycles. The second-order valence-electron chi connectivity index (χ2n) is 7.87. The summed E-state index contributed by atoms with van der Waals surface area (Å²) in [5.74, 6) is 1.69. The van der Waals surface area contributed by atoms with E-state index < -0.39 is 0 Å². The molecule has 27 heavy (non-hydrogen) atoms. The Morgan fingerprint density at radius 2 is 2.19 bits per heavy atom. The normalized spacial score (nSPS) is 17.7. The first-order valence-corrected chi connectivity index (χ1v) is 9.89. The fraction of sp³-hybridized carbons (Fsp3) is 0.650. The maximum Gasteiger partial charge on any atom is 0.222 e. The van der Waals surface area contributed by atoms with Crippen molar-refractivity contribution >= 4 is 5.91 Å². The monoisotopic (exact) mass is 372 g/mol. The molecule has 0 radical (unpaired) electrons. The molecule has 3 rings (SSSR count). The van der Waals surface area contributed by atoms with E-state index in [0.717, 1.165) is 62.7 Å². The molecule has 0 aliphatic carbocycles. The van der Waals surface area contributed by atoms with Gasteiger partial charge in [-0.05, 0) is 52.8 Å². The number of likely N-dealkylation sites (tertiary alicyclic amines) is 1. The van der Waals surface area contributed by atoms with Crippen LogP contribution in [0.15, 0.2) is 12.4 Å².